The minimum absolute atomic E-state index is 0.155. The number of aromatic nitrogens is 1. The van der Waals surface area contributed by atoms with Gasteiger partial charge in [-0.3, -0.25) is 14.4 Å². The summed E-state index contributed by atoms with van der Waals surface area (Å²) in [6, 6.07) is 3.59. The van der Waals surface area contributed by atoms with Gasteiger partial charge < -0.3 is 43.2 Å². The number of fused-ring (bicyclic) bond motifs is 1. The normalized spacial score (nSPS) is 14.3. The summed E-state index contributed by atoms with van der Waals surface area (Å²) >= 11 is 0. The fourth-order valence-corrected chi connectivity index (χ4v) is 4.09. The lowest BCUT2D eigenvalue weighted by atomic mass is 10.0. The molecule has 0 saturated heterocycles. The van der Waals surface area contributed by atoms with Gasteiger partial charge >= 0.3 is 5.97 Å². The number of amides is 3. The van der Waals surface area contributed by atoms with E-state index in [2.05, 4.69) is 20.9 Å². The number of carbonyl (C=O) groups excluding carboxylic acids is 3. The first-order valence-corrected chi connectivity index (χ1v) is 13.0. The summed E-state index contributed by atoms with van der Waals surface area (Å²) in [7, 11) is 0. The van der Waals surface area contributed by atoms with Crippen molar-refractivity contribution in [3.05, 3.63) is 36.0 Å². The molecule has 12 heteroatoms. The molecule has 4 unspecified atom stereocenters. The van der Waals surface area contributed by atoms with E-state index in [1.54, 1.807) is 6.20 Å². The second-order valence-electron chi connectivity index (χ2n) is 9.44. The molecule has 0 spiro atoms. The van der Waals surface area contributed by atoms with Crippen molar-refractivity contribution in [2.24, 2.45) is 17.2 Å². The summed E-state index contributed by atoms with van der Waals surface area (Å²) < 4.78 is 0. The first-order valence-electron chi connectivity index (χ1n) is 13.0. The van der Waals surface area contributed by atoms with Crippen LogP contribution in [-0.2, 0) is 25.6 Å². The largest absolute Gasteiger partial charge is 0.480 e. The van der Waals surface area contributed by atoms with Gasteiger partial charge in [-0.1, -0.05) is 18.2 Å². The molecule has 0 saturated carbocycles. The molecule has 3 amide bonds. The van der Waals surface area contributed by atoms with Gasteiger partial charge in [0.2, 0.25) is 17.7 Å². The number of H-pyrrole nitrogens is 1. The molecule has 0 fully saturated rings. The maximum atomic E-state index is 13.4. The van der Waals surface area contributed by atoms with Gasteiger partial charge in [-0.05, 0) is 70.2 Å². The number of carbonyl (C=O) groups is 4. The molecular weight excluding hydrogens is 490 g/mol. The van der Waals surface area contributed by atoms with Crippen molar-refractivity contribution >= 4 is 34.6 Å². The van der Waals surface area contributed by atoms with Crippen molar-refractivity contribution in [2.75, 3.05) is 13.1 Å². The Morgan fingerprint density at radius 3 is 2.00 bits per heavy atom. The highest BCUT2D eigenvalue weighted by Gasteiger charge is 2.30. The number of nitrogens with two attached hydrogens (primary N) is 3. The third-order valence-electron chi connectivity index (χ3n) is 6.29. The van der Waals surface area contributed by atoms with E-state index in [0.29, 0.717) is 38.8 Å². The van der Waals surface area contributed by atoms with E-state index in [0.717, 1.165) is 16.5 Å². The highest BCUT2D eigenvalue weighted by atomic mass is 16.4. The molecular formula is C26H41N7O5. The number of hydrogen-bond acceptors (Lipinski definition) is 7. The molecule has 0 radical (unpaired) electrons. The number of rotatable bonds is 17. The minimum atomic E-state index is -1.16. The van der Waals surface area contributed by atoms with E-state index in [4.69, 9.17) is 17.2 Å². The van der Waals surface area contributed by atoms with Crippen LogP contribution in [0.15, 0.2) is 30.5 Å². The monoisotopic (exact) mass is 531 g/mol. The molecule has 2 aromatic rings. The fourth-order valence-electron chi connectivity index (χ4n) is 4.09. The van der Waals surface area contributed by atoms with Crippen molar-refractivity contribution in [2.45, 2.75) is 76.0 Å². The van der Waals surface area contributed by atoms with Gasteiger partial charge in [0.25, 0.3) is 0 Å². The van der Waals surface area contributed by atoms with Crippen molar-refractivity contribution in [1.29, 1.82) is 0 Å². The van der Waals surface area contributed by atoms with E-state index in [-0.39, 0.29) is 19.3 Å². The summed E-state index contributed by atoms with van der Waals surface area (Å²) in [5.74, 6) is -2.86. The third-order valence-corrected chi connectivity index (χ3v) is 6.29. The zero-order valence-corrected chi connectivity index (χ0v) is 21.9. The van der Waals surface area contributed by atoms with Crippen LogP contribution in [0.1, 0.15) is 51.0 Å². The molecule has 0 aliphatic carbocycles. The summed E-state index contributed by atoms with van der Waals surface area (Å²) in [4.78, 5) is 53.8. The summed E-state index contributed by atoms with van der Waals surface area (Å²) in [6.45, 7) is 2.34. The molecule has 38 heavy (non-hydrogen) atoms. The van der Waals surface area contributed by atoms with Gasteiger partial charge in [-0.15, -0.1) is 0 Å². The van der Waals surface area contributed by atoms with Crippen molar-refractivity contribution in [3.8, 4) is 0 Å². The van der Waals surface area contributed by atoms with Crippen LogP contribution in [0.5, 0.6) is 0 Å². The second-order valence-corrected chi connectivity index (χ2v) is 9.44. The zero-order chi connectivity index (χ0) is 28.1. The zero-order valence-electron chi connectivity index (χ0n) is 21.9. The second kappa shape index (κ2) is 15.7. The number of carboxylic acid groups (broad SMARTS) is 1. The molecule has 1 aromatic heterocycles. The summed E-state index contributed by atoms with van der Waals surface area (Å²) in [5.41, 5.74) is 18.5. The van der Waals surface area contributed by atoms with Crippen LogP contribution >= 0.6 is 0 Å². The Morgan fingerprint density at radius 1 is 0.842 bits per heavy atom. The highest BCUT2D eigenvalue weighted by molar-refractivity contribution is 5.94. The maximum Gasteiger partial charge on any atom is 0.326 e. The van der Waals surface area contributed by atoms with Crippen LogP contribution < -0.4 is 33.2 Å². The average Bonchev–Trinajstić information content (AvgIpc) is 3.29. The molecule has 1 aromatic carbocycles. The number of carboxylic acids is 1. The van der Waals surface area contributed by atoms with Crippen LogP contribution in [0, 0.1) is 0 Å². The van der Waals surface area contributed by atoms with Gasteiger partial charge in [0.05, 0.1) is 6.04 Å². The van der Waals surface area contributed by atoms with Gasteiger partial charge in [0, 0.05) is 23.5 Å². The van der Waals surface area contributed by atoms with Crippen molar-refractivity contribution in [3.63, 3.8) is 0 Å². The maximum absolute atomic E-state index is 13.4. The average molecular weight is 532 g/mol. The Balaban J connectivity index is 2.23. The molecule has 1 heterocycles. The summed E-state index contributed by atoms with van der Waals surface area (Å²) in [6.07, 6.45) is 4.73. The SMILES string of the molecule is CC(N)C(=O)NC(Cc1c[nH]c2ccccc12)C(=O)NC(CCCCN)C(=O)NC(CCCCN)C(=O)O. The molecule has 0 aliphatic heterocycles. The van der Waals surface area contributed by atoms with Crippen LogP contribution in [0.25, 0.3) is 10.9 Å². The Bertz CT molecular complexity index is 1070. The molecule has 0 bridgehead atoms. The fraction of sp³-hybridized carbons (Fsp3) is 0.538. The number of aliphatic carboxylic acids is 1. The van der Waals surface area contributed by atoms with Gasteiger partial charge in [-0.2, -0.15) is 0 Å². The van der Waals surface area contributed by atoms with Crippen molar-refractivity contribution < 1.29 is 24.3 Å². The van der Waals surface area contributed by atoms with Gasteiger partial charge in [0.15, 0.2) is 0 Å². The van der Waals surface area contributed by atoms with Gasteiger partial charge in [0.1, 0.15) is 18.1 Å². The van der Waals surface area contributed by atoms with Crippen molar-refractivity contribution in [1.82, 2.24) is 20.9 Å². The standard InChI is InChI=1S/C26H41N7O5/c1-16(29)23(34)33-22(14-17-15-30-19-9-3-2-8-18(17)19)25(36)31-20(10-4-6-12-27)24(35)32-21(26(37)38)11-5-7-13-28/h2-3,8-9,15-16,20-22,30H,4-7,10-14,27-29H2,1H3,(H,31,36)(H,32,35)(H,33,34)(H,37,38). The Morgan fingerprint density at radius 2 is 1.39 bits per heavy atom. The lowest BCUT2D eigenvalue weighted by molar-refractivity contribution is -0.142. The molecule has 0 aliphatic rings. The molecule has 11 N–H and O–H groups in total. The Labute approximate surface area is 222 Å². The molecule has 2 rings (SSSR count). The summed E-state index contributed by atoms with van der Waals surface area (Å²) in [5, 5.41) is 18.4. The predicted molar refractivity (Wildman–Crippen MR) is 145 cm³/mol. The number of unbranched alkanes of at least 4 members (excludes halogenated alkanes) is 2. The first kappa shape index (κ1) is 30.7. The number of nitrogens with one attached hydrogen (secondary N) is 4. The van der Waals surface area contributed by atoms with Crippen LogP contribution in [0.2, 0.25) is 0 Å². The van der Waals surface area contributed by atoms with Gasteiger partial charge in [-0.25, -0.2) is 4.79 Å². The van der Waals surface area contributed by atoms with Crippen LogP contribution in [0.3, 0.4) is 0 Å². The van der Waals surface area contributed by atoms with E-state index in [1.807, 2.05) is 24.3 Å². The van der Waals surface area contributed by atoms with E-state index >= 15 is 0 Å². The van der Waals surface area contributed by atoms with Crippen LogP contribution in [0.4, 0.5) is 0 Å². The van der Waals surface area contributed by atoms with E-state index in [1.165, 1.54) is 6.92 Å². The number of hydrogen-bond donors (Lipinski definition) is 8. The minimum Gasteiger partial charge on any atom is -0.480 e. The highest BCUT2D eigenvalue weighted by Crippen LogP contribution is 2.19. The Kier molecular flexibility index (Phi) is 12.7. The first-order chi connectivity index (χ1) is 18.2. The van der Waals surface area contributed by atoms with E-state index in [9.17, 15) is 24.3 Å². The lowest BCUT2D eigenvalue weighted by Crippen LogP contribution is -2.57. The number of aromatic amines is 1. The Hall–Kier alpha value is -3.48. The third kappa shape index (κ3) is 9.43. The number of para-hydroxylation sites is 1. The topological polar surface area (TPSA) is 218 Å². The van der Waals surface area contributed by atoms with E-state index < -0.39 is 47.9 Å². The van der Waals surface area contributed by atoms with Crippen LogP contribution in [-0.4, -0.2) is 71.0 Å². The quantitative estimate of drug-likeness (QED) is 0.128. The lowest BCUT2D eigenvalue weighted by Gasteiger charge is -2.25. The molecule has 210 valence electrons. The predicted octanol–water partition coefficient (Wildman–Crippen LogP) is -0.145. The smallest absolute Gasteiger partial charge is 0.326 e. The number of benzene rings is 1. The molecule has 12 nitrogen and oxygen atoms in total. The molecule has 4 atom stereocenters.